The summed E-state index contributed by atoms with van der Waals surface area (Å²) in [6, 6.07) is 12.6. The third-order valence-corrected chi connectivity index (χ3v) is 7.02. The van der Waals surface area contributed by atoms with Crippen LogP contribution in [-0.2, 0) is 14.3 Å². The molecule has 2 heterocycles. The first-order valence-electron chi connectivity index (χ1n) is 11.9. The summed E-state index contributed by atoms with van der Waals surface area (Å²) < 4.78 is 22.0. The molecule has 10 heteroatoms. The molecule has 0 radical (unpaired) electrons. The molecule has 0 spiro atoms. The maximum atomic E-state index is 13.4. The van der Waals surface area contributed by atoms with Gasteiger partial charge in [0.1, 0.15) is 16.7 Å². The number of hydrogen-bond acceptors (Lipinski definition) is 8. The third kappa shape index (κ3) is 6.11. The highest BCUT2D eigenvalue weighted by molar-refractivity contribution is 8.15. The Morgan fingerprint density at radius 3 is 2.69 bits per heavy atom. The van der Waals surface area contributed by atoms with Gasteiger partial charge in [-0.25, -0.2) is 4.99 Å². The topological polar surface area (TPSA) is 98.7 Å². The van der Waals surface area contributed by atoms with Crippen LogP contribution in [0.1, 0.15) is 26.2 Å². The molecule has 0 aromatic heterocycles. The highest BCUT2D eigenvalue weighted by atomic mass is 32.2. The average molecular weight is 514 g/mol. The molecule has 2 atom stereocenters. The number of methoxy groups -OCH3 is 2. The van der Waals surface area contributed by atoms with Crippen molar-refractivity contribution < 1.29 is 28.5 Å². The summed E-state index contributed by atoms with van der Waals surface area (Å²) in [7, 11) is 3.08. The molecule has 9 nitrogen and oxygen atoms in total. The first-order chi connectivity index (χ1) is 17.5. The van der Waals surface area contributed by atoms with Crippen molar-refractivity contribution in [1.29, 1.82) is 0 Å². The molecule has 0 bridgehead atoms. The number of nitrogens with zero attached hydrogens (tertiary/aromatic N) is 2. The Kier molecular flexibility index (Phi) is 8.71. The van der Waals surface area contributed by atoms with Gasteiger partial charge in [0.25, 0.3) is 0 Å². The monoisotopic (exact) mass is 513 g/mol. The summed E-state index contributed by atoms with van der Waals surface area (Å²) in [6.45, 7) is 3.52. The van der Waals surface area contributed by atoms with E-state index >= 15 is 0 Å². The van der Waals surface area contributed by atoms with Crippen LogP contribution in [0, 0.1) is 0 Å². The van der Waals surface area contributed by atoms with Crippen LogP contribution in [0.15, 0.2) is 47.5 Å². The number of rotatable bonds is 10. The van der Waals surface area contributed by atoms with Crippen molar-refractivity contribution in [3.05, 3.63) is 42.5 Å². The molecule has 0 saturated carbocycles. The molecule has 2 aliphatic heterocycles. The Morgan fingerprint density at radius 1 is 1.17 bits per heavy atom. The second kappa shape index (κ2) is 12.1. The zero-order valence-electron chi connectivity index (χ0n) is 20.7. The van der Waals surface area contributed by atoms with Crippen molar-refractivity contribution in [2.45, 2.75) is 37.5 Å². The van der Waals surface area contributed by atoms with E-state index in [4.69, 9.17) is 23.9 Å². The second-order valence-electron chi connectivity index (χ2n) is 8.31. The lowest BCUT2D eigenvalue weighted by Gasteiger charge is -2.20. The zero-order valence-corrected chi connectivity index (χ0v) is 21.5. The van der Waals surface area contributed by atoms with Crippen molar-refractivity contribution in [1.82, 2.24) is 4.90 Å². The van der Waals surface area contributed by atoms with Gasteiger partial charge in [0.05, 0.1) is 33.5 Å². The standard InChI is InChI=1S/C26H31N3O6S/c1-4-34-20-10-6-5-9-19(20)28-26-29(16-18-8-7-13-35-18)25(31)23(36-26)15-24(30)27-17-11-12-21(32-2)22(14-17)33-3/h5-6,9-12,14,18,23H,4,7-8,13,15-16H2,1-3H3,(H,27,30)/t18-,23-/m1/s1. The van der Waals surface area contributed by atoms with E-state index in [1.807, 2.05) is 31.2 Å². The lowest BCUT2D eigenvalue weighted by atomic mass is 10.2. The number of hydrogen-bond donors (Lipinski definition) is 1. The highest BCUT2D eigenvalue weighted by Crippen LogP contribution is 2.36. The van der Waals surface area contributed by atoms with Crippen molar-refractivity contribution in [2.24, 2.45) is 4.99 Å². The van der Waals surface area contributed by atoms with Crippen molar-refractivity contribution >= 4 is 40.1 Å². The van der Waals surface area contributed by atoms with Crippen molar-refractivity contribution in [2.75, 3.05) is 39.3 Å². The predicted molar refractivity (Wildman–Crippen MR) is 140 cm³/mol. The van der Waals surface area contributed by atoms with Crippen LogP contribution >= 0.6 is 11.8 Å². The maximum absolute atomic E-state index is 13.4. The third-order valence-electron chi connectivity index (χ3n) is 5.85. The number of thioether (sulfide) groups is 1. The number of amides is 2. The summed E-state index contributed by atoms with van der Waals surface area (Å²) in [5.74, 6) is 1.29. The molecular weight excluding hydrogens is 482 g/mol. The lowest BCUT2D eigenvalue weighted by molar-refractivity contribution is -0.129. The van der Waals surface area contributed by atoms with Crippen LogP contribution in [0.2, 0.25) is 0 Å². The summed E-state index contributed by atoms with van der Waals surface area (Å²) >= 11 is 1.29. The zero-order chi connectivity index (χ0) is 25.5. The molecule has 2 aromatic carbocycles. The van der Waals surface area contributed by atoms with Gasteiger partial charge in [-0.05, 0) is 44.0 Å². The minimum absolute atomic E-state index is 0.00595. The number of ether oxygens (including phenoxy) is 4. The molecule has 1 N–H and O–H groups in total. The number of amidine groups is 1. The number of benzene rings is 2. The predicted octanol–water partition coefficient (Wildman–Crippen LogP) is 4.24. The molecular formula is C26H31N3O6S. The van der Waals surface area contributed by atoms with Gasteiger partial charge < -0.3 is 24.3 Å². The first kappa shape index (κ1) is 25.8. The number of aliphatic imine (C=N–C) groups is 1. The number of anilines is 1. The quantitative estimate of drug-likeness (QED) is 0.507. The first-order valence-corrected chi connectivity index (χ1v) is 12.8. The van der Waals surface area contributed by atoms with Gasteiger partial charge in [0.15, 0.2) is 16.7 Å². The molecule has 0 aliphatic carbocycles. The summed E-state index contributed by atoms with van der Waals surface area (Å²) in [5, 5.41) is 2.81. The fourth-order valence-corrected chi connectivity index (χ4v) is 5.27. The van der Waals surface area contributed by atoms with E-state index in [9.17, 15) is 9.59 Å². The fraction of sp³-hybridized carbons (Fsp3) is 0.423. The second-order valence-corrected chi connectivity index (χ2v) is 9.48. The van der Waals surface area contributed by atoms with Gasteiger partial charge in [-0.3, -0.25) is 14.5 Å². The molecule has 192 valence electrons. The number of para-hydroxylation sites is 2. The van der Waals surface area contributed by atoms with Crippen molar-refractivity contribution in [3.8, 4) is 17.2 Å². The van der Waals surface area contributed by atoms with Gasteiger partial charge in [0.2, 0.25) is 11.8 Å². The summed E-state index contributed by atoms with van der Waals surface area (Å²) in [5.41, 5.74) is 1.20. The molecule has 2 fully saturated rings. The van der Waals surface area contributed by atoms with Crippen LogP contribution < -0.4 is 19.5 Å². The molecule has 0 unspecified atom stereocenters. The maximum Gasteiger partial charge on any atom is 0.242 e. The van der Waals surface area contributed by atoms with E-state index in [1.54, 1.807) is 30.2 Å². The molecule has 4 rings (SSSR count). The van der Waals surface area contributed by atoms with E-state index in [0.717, 1.165) is 12.8 Å². The van der Waals surface area contributed by atoms with Crippen LogP contribution in [-0.4, -0.2) is 67.2 Å². The van der Waals surface area contributed by atoms with E-state index < -0.39 is 5.25 Å². The van der Waals surface area contributed by atoms with Gasteiger partial charge >= 0.3 is 0 Å². The minimum atomic E-state index is -0.593. The fourth-order valence-electron chi connectivity index (χ4n) is 4.11. The highest BCUT2D eigenvalue weighted by Gasteiger charge is 2.40. The Bertz CT molecular complexity index is 1120. The van der Waals surface area contributed by atoms with Gasteiger partial charge in [-0.2, -0.15) is 0 Å². The SMILES string of the molecule is CCOc1ccccc1N=C1S[C@H](CC(=O)Nc2ccc(OC)c(OC)c2)C(=O)N1C[C@H]1CCCO1. The van der Waals surface area contributed by atoms with E-state index in [2.05, 4.69) is 5.32 Å². The lowest BCUT2D eigenvalue weighted by Crippen LogP contribution is -2.38. The van der Waals surface area contributed by atoms with E-state index in [-0.39, 0.29) is 24.3 Å². The molecule has 2 saturated heterocycles. The Hall–Kier alpha value is -3.24. The normalized spacial score (nSPS) is 20.6. The molecule has 2 amide bonds. The summed E-state index contributed by atoms with van der Waals surface area (Å²) in [4.78, 5) is 32.7. The van der Waals surface area contributed by atoms with Gasteiger partial charge in [-0.15, -0.1) is 0 Å². The smallest absolute Gasteiger partial charge is 0.242 e. The van der Waals surface area contributed by atoms with Crippen LogP contribution in [0.3, 0.4) is 0 Å². The van der Waals surface area contributed by atoms with Crippen LogP contribution in [0.25, 0.3) is 0 Å². The van der Waals surface area contributed by atoms with E-state index in [0.29, 0.717) is 53.5 Å². The molecule has 36 heavy (non-hydrogen) atoms. The number of carbonyl (C=O) groups is 2. The largest absolute Gasteiger partial charge is 0.493 e. The number of nitrogens with one attached hydrogen (secondary N) is 1. The molecule has 2 aliphatic rings. The number of carbonyl (C=O) groups excluding carboxylic acids is 2. The minimum Gasteiger partial charge on any atom is -0.493 e. The summed E-state index contributed by atoms with van der Waals surface area (Å²) in [6.07, 6.45) is 1.82. The van der Waals surface area contributed by atoms with E-state index in [1.165, 1.54) is 18.9 Å². The van der Waals surface area contributed by atoms with Gasteiger partial charge in [-0.1, -0.05) is 23.9 Å². The van der Waals surface area contributed by atoms with Crippen LogP contribution in [0.4, 0.5) is 11.4 Å². The van der Waals surface area contributed by atoms with Crippen molar-refractivity contribution in [3.63, 3.8) is 0 Å². The molecule has 2 aromatic rings. The Morgan fingerprint density at radius 2 is 1.97 bits per heavy atom. The Labute approximate surface area is 215 Å². The van der Waals surface area contributed by atoms with Crippen LogP contribution in [0.5, 0.6) is 17.2 Å². The Balaban J connectivity index is 1.51. The van der Waals surface area contributed by atoms with Gasteiger partial charge in [0, 0.05) is 24.8 Å². The average Bonchev–Trinajstić information content (AvgIpc) is 3.49.